The number of phenolic OH excluding ortho intramolecular Hbond substituents is 1. The van der Waals surface area contributed by atoms with Gasteiger partial charge in [0.2, 0.25) is 0 Å². The van der Waals surface area contributed by atoms with E-state index in [1.54, 1.807) is 6.07 Å². The van der Waals surface area contributed by atoms with E-state index < -0.39 is 7.82 Å². The van der Waals surface area contributed by atoms with Gasteiger partial charge in [0.1, 0.15) is 5.75 Å². The third kappa shape index (κ3) is 18.2. The van der Waals surface area contributed by atoms with Gasteiger partial charge in [-0.1, -0.05) is 63.6 Å². The minimum absolute atomic E-state index is 0. The fraction of sp³-hybridized carbons (Fsp3) is 0.600. The number of phenols is 1. The number of hydrogen-bond donors (Lipinski definition) is 4. The summed E-state index contributed by atoms with van der Waals surface area (Å²) in [6, 6.07) is 7.67. The first kappa shape index (κ1) is 24.4. The summed E-state index contributed by atoms with van der Waals surface area (Å²) in [6.07, 6.45) is 10.3. The Hall–Kier alpha value is 0.130. The van der Waals surface area contributed by atoms with Crippen molar-refractivity contribution in [1.29, 1.82) is 0 Å². The summed E-state index contributed by atoms with van der Waals surface area (Å²) in [5.74, 6) is 0.452. The summed E-state index contributed by atoms with van der Waals surface area (Å²) < 4.78 is 8.88. The third-order valence-corrected chi connectivity index (χ3v) is 3.04. The van der Waals surface area contributed by atoms with Crippen LogP contribution in [0.5, 0.6) is 5.75 Å². The standard InChI is InChI=1S/C15H24O.Na.H3O4P.H/c1-2-3-4-5-6-7-8-11-14-12-9-10-13-15(14)16;;1-5(2,3)4;/h9-10,12-13,16H,2-8,11H2,1H3;;(H3,1,2,3,4);. The molecule has 124 valence electrons. The summed E-state index contributed by atoms with van der Waals surface area (Å²) >= 11 is 0. The van der Waals surface area contributed by atoms with Crippen LogP contribution in [0.4, 0.5) is 0 Å². The van der Waals surface area contributed by atoms with Crippen molar-refractivity contribution in [3.8, 4) is 5.75 Å². The van der Waals surface area contributed by atoms with Crippen molar-refractivity contribution in [3.05, 3.63) is 29.8 Å². The van der Waals surface area contributed by atoms with Crippen LogP contribution in [-0.2, 0) is 11.0 Å². The van der Waals surface area contributed by atoms with Gasteiger partial charge in [0.15, 0.2) is 0 Å². The van der Waals surface area contributed by atoms with Gasteiger partial charge in [-0.3, -0.25) is 0 Å². The van der Waals surface area contributed by atoms with Crippen molar-refractivity contribution in [2.45, 2.75) is 58.3 Å². The Morgan fingerprint density at radius 2 is 1.36 bits per heavy atom. The average Bonchev–Trinajstić information content (AvgIpc) is 2.38. The fourth-order valence-corrected chi connectivity index (χ4v) is 1.99. The Morgan fingerprint density at radius 3 is 1.86 bits per heavy atom. The maximum atomic E-state index is 9.58. The molecule has 0 atom stereocenters. The normalized spacial score (nSPS) is 10.4. The summed E-state index contributed by atoms with van der Waals surface area (Å²) in [5, 5.41) is 9.58. The number of para-hydroxylation sites is 1. The molecule has 0 radical (unpaired) electrons. The number of aromatic hydroxyl groups is 1. The Labute approximate surface area is 155 Å². The van der Waals surface area contributed by atoms with Crippen molar-refractivity contribution in [3.63, 3.8) is 0 Å². The topological polar surface area (TPSA) is 98.0 Å². The van der Waals surface area contributed by atoms with Crippen LogP contribution < -0.4 is 0 Å². The monoisotopic (exact) mass is 342 g/mol. The molecule has 0 aliphatic carbocycles. The predicted octanol–water partition coefficient (Wildman–Crippen LogP) is 3.11. The molecule has 7 heteroatoms. The van der Waals surface area contributed by atoms with Crippen LogP contribution >= 0.6 is 7.82 Å². The molecule has 22 heavy (non-hydrogen) atoms. The molecule has 0 fully saturated rings. The van der Waals surface area contributed by atoms with E-state index in [2.05, 4.69) is 6.92 Å². The first-order chi connectivity index (χ1) is 9.84. The molecule has 0 aromatic heterocycles. The molecule has 0 saturated carbocycles. The van der Waals surface area contributed by atoms with Gasteiger partial charge in [-0.25, -0.2) is 4.57 Å². The number of aryl methyl sites for hydroxylation is 1. The van der Waals surface area contributed by atoms with E-state index >= 15 is 0 Å². The van der Waals surface area contributed by atoms with Crippen LogP contribution in [0.2, 0.25) is 0 Å². The molecule has 4 N–H and O–H groups in total. The Balaban J connectivity index is 0. The van der Waals surface area contributed by atoms with Crippen molar-refractivity contribution >= 4 is 37.4 Å². The van der Waals surface area contributed by atoms with E-state index in [9.17, 15) is 5.11 Å². The fourth-order valence-electron chi connectivity index (χ4n) is 1.99. The van der Waals surface area contributed by atoms with Crippen LogP contribution in [0, 0.1) is 0 Å². The van der Waals surface area contributed by atoms with Crippen molar-refractivity contribution < 1.29 is 24.4 Å². The first-order valence-corrected chi connectivity index (χ1v) is 8.96. The van der Waals surface area contributed by atoms with E-state index in [4.69, 9.17) is 19.2 Å². The third-order valence-electron chi connectivity index (χ3n) is 3.04. The van der Waals surface area contributed by atoms with Gasteiger partial charge < -0.3 is 19.8 Å². The summed E-state index contributed by atoms with van der Waals surface area (Å²) in [5.41, 5.74) is 1.09. The van der Waals surface area contributed by atoms with Crippen molar-refractivity contribution in [1.82, 2.24) is 0 Å². The van der Waals surface area contributed by atoms with Gasteiger partial charge in [-0.15, -0.1) is 0 Å². The minimum atomic E-state index is -4.64. The van der Waals surface area contributed by atoms with Gasteiger partial charge in [-0.2, -0.15) is 0 Å². The second-order valence-electron chi connectivity index (χ2n) is 5.01. The molecule has 1 aromatic carbocycles. The van der Waals surface area contributed by atoms with Gasteiger partial charge >= 0.3 is 37.4 Å². The van der Waals surface area contributed by atoms with E-state index in [0.717, 1.165) is 12.0 Å². The average molecular weight is 342 g/mol. The molecule has 0 aliphatic heterocycles. The van der Waals surface area contributed by atoms with E-state index in [1.165, 1.54) is 44.9 Å². The molecule has 0 amide bonds. The number of benzene rings is 1. The first-order valence-electron chi connectivity index (χ1n) is 7.39. The van der Waals surface area contributed by atoms with E-state index in [-0.39, 0.29) is 29.6 Å². The molecule has 0 bridgehead atoms. The molecule has 0 aliphatic rings. The molecular weight excluding hydrogens is 314 g/mol. The van der Waals surface area contributed by atoms with Crippen LogP contribution in [0.1, 0.15) is 57.4 Å². The molecule has 1 aromatic rings. The number of unbranched alkanes of at least 4 members (excludes halogenated alkanes) is 6. The van der Waals surface area contributed by atoms with Crippen LogP contribution in [0.25, 0.3) is 0 Å². The van der Waals surface area contributed by atoms with Crippen LogP contribution in [0.15, 0.2) is 24.3 Å². The van der Waals surface area contributed by atoms with Crippen molar-refractivity contribution in [2.24, 2.45) is 0 Å². The molecule has 0 saturated heterocycles. The zero-order chi connectivity index (χ0) is 16.1. The molecule has 0 unspecified atom stereocenters. The maximum absolute atomic E-state index is 9.58. The summed E-state index contributed by atoms with van der Waals surface area (Å²) in [4.78, 5) is 21.6. The molecular formula is C15H28NaO5P. The zero-order valence-corrected chi connectivity index (χ0v) is 13.5. The van der Waals surface area contributed by atoms with Crippen molar-refractivity contribution in [2.75, 3.05) is 0 Å². The van der Waals surface area contributed by atoms with Gasteiger partial charge in [0.05, 0.1) is 0 Å². The molecule has 5 nitrogen and oxygen atoms in total. The Kier molecular flexibility index (Phi) is 16.3. The number of hydrogen-bond acceptors (Lipinski definition) is 2. The Bertz CT molecular complexity index is 414. The number of rotatable bonds is 8. The van der Waals surface area contributed by atoms with Crippen LogP contribution in [0.3, 0.4) is 0 Å². The van der Waals surface area contributed by atoms with Crippen LogP contribution in [-0.4, -0.2) is 49.3 Å². The molecule has 0 spiro atoms. The molecule has 1 rings (SSSR count). The predicted molar refractivity (Wildman–Crippen MR) is 91.2 cm³/mol. The second kappa shape index (κ2) is 14.7. The van der Waals surface area contributed by atoms with E-state index in [1.807, 2.05) is 18.2 Å². The van der Waals surface area contributed by atoms with Gasteiger partial charge in [0, 0.05) is 0 Å². The van der Waals surface area contributed by atoms with Gasteiger partial charge in [0.25, 0.3) is 0 Å². The molecule has 0 heterocycles. The zero-order valence-electron chi connectivity index (χ0n) is 12.6. The quantitative estimate of drug-likeness (QED) is 0.331. The van der Waals surface area contributed by atoms with Gasteiger partial charge in [-0.05, 0) is 24.5 Å². The number of phosphoric acid groups is 1. The van der Waals surface area contributed by atoms with E-state index in [0.29, 0.717) is 5.75 Å². The Morgan fingerprint density at radius 1 is 0.909 bits per heavy atom. The summed E-state index contributed by atoms with van der Waals surface area (Å²) in [7, 11) is -4.64. The summed E-state index contributed by atoms with van der Waals surface area (Å²) in [6.45, 7) is 2.25. The SMILES string of the molecule is CCCCCCCCCc1ccccc1O.O=P(O)(O)O.[NaH]. The second-order valence-corrected chi connectivity index (χ2v) is 6.04.